The second kappa shape index (κ2) is 10.9. The van der Waals surface area contributed by atoms with Crippen LogP contribution in [0.25, 0.3) is 5.65 Å². The smallest absolute Gasteiger partial charge is 0.417 e. The highest BCUT2D eigenvalue weighted by molar-refractivity contribution is 5.90. The highest BCUT2D eigenvalue weighted by atomic mass is 19.1. The maximum Gasteiger partial charge on any atom is 0.417 e. The predicted molar refractivity (Wildman–Crippen MR) is 141 cm³/mol. The molecule has 0 radical (unpaired) electrons. The van der Waals surface area contributed by atoms with Crippen LogP contribution in [0, 0.1) is 5.82 Å². The second-order valence-electron chi connectivity index (χ2n) is 9.16. The van der Waals surface area contributed by atoms with E-state index in [1.807, 2.05) is 24.1 Å². The van der Waals surface area contributed by atoms with E-state index in [1.165, 1.54) is 18.3 Å². The number of hydrogen-bond acceptors (Lipinski definition) is 7. The molecule has 39 heavy (non-hydrogen) atoms. The van der Waals surface area contributed by atoms with E-state index in [0.717, 1.165) is 5.56 Å². The first-order valence-corrected chi connectivity index (χ1v) is 12.4. The molecular weight excluding hydrogens is 507 g/mol. The number of halogens is 1. The fourth-order valence-electron chi connectivity index (χ4n) is 4.52. The summed E-state index contributed by atoms with van der Waals surface area (Å²) in [6, 6.07) is 12.6. The maximum absolute atomic E-state index is 14.3. The van der Waals surface area contributed by atoms with Gasteiger partial charge in [0.25, 0.3) is 0 Å². The molecule has 0 bridgehead atoms. The van der Waals surface area contributed by atoms with Crippen molar-refractivity contribution >= 4 is 29.3 Å². The zero-order valence-corrected chi connectivity index (χ0v) is 21.3. The van der Waals surface area contributed by atoms with Gasteiger partial charge in [-0.3, -0.25) is 5.32 Å². The minimum absolute atomic E-state index is 0.0797. The summed E-state index contributed by atoms with van der Waals surface area (Å²) >= 11 is 0. The zero-order valence-electron chi connectivity index (χ0n) is 21.3. The molecule has 1 aliphatic heterocycles. The first-order valence-electron chi connectivity index (χ1n) is 12.4. The Morgan fingerprint density at radius 2 is 1.97 bits per heavy atom. The number of hydrogen-bond donors (Lipinski definition) is 3. The summed E-state index contributed by atoms with van der Waals surface area (Å²) in [4.78, 5) is 30.2. The highest BCUT2D eigenvalue weighted by Gasteiger charge is 2.30. The van der Waals surface area contributed by atoms with Gasteiger partial charge in [-0.2, -0.15) is 5.10 Å². The van der Waals surface area contributed by atoms with E-state index < -0.39 is 24.1 Å². The summed E-state index contributed by atoms with van der Waals surface area (Å²) in [6.45, 7) is 4.36. The highest BCUT2D eigenvalue weighted by Crippen LogP contribution is 2.38. The number of rotatable bonds is 8. The van der Waals surface area contributed by atoms with Crippen molar-refractivity contribution in [2.75, 3.05) is 23.3 Å². The van der Waals surface area contributed by atoms with Gasteiger partial charge in [-0.1, -0.05) is 18.2 Å². The molecule has 11 nitrogen and oxygen atoms in total. The number of para-hydroxylation sites is 1. The molecule has 1 aliphatic rings. The van der Waals surface area contributed by atoms with Crippen LogP contribution in [0.4, 0.5) is 25.5 Å². The molecule has 0 spiro atoms. The monoisotopic (exact) mass is 534 g/mol. The van der Waals surface area contributed by atoms with E-state index in [0.29, 0.717) is 47.2 Å². The molecule has 0 aliphatic carbocycles. The van der Waals surface area contributed by atoms with E-state index in [-0.39, 0.29) is 12.6 Å². The molecule has 2 aromatic carbocycles. The molecule has 3 N–H and O–H groups in total. The largest absolute Gasteiger partial charge is 0.489 e. The summed E-state index contributed by atoms with van der Waals surface area (Å²) in [7, 11) is 0. The Balaban J connectivity index is 1.39. The number of fused-ring (bicyclic) bond motifs is 2. The lowest BCUT2D eigenvalue weighted by Crippen LogP contribution is -2.33. The molecule has 0 saturated carbocycles. The minimum atomic E-state index is -1.15. The zero-order chi connectivity index (χ0) is 27.5. The van der Waals surface area contributed by atoms with Gasteiger partial charge < -0.3 is 24.8 Å². The number of carbonyl (C=O) groups is 2. The van der Waals surface area contributed by atoms with Crippen LogP contribution in [0.3, 0.4) is 0 Å². The third-order valence-electron chi connectivity index (χ3n) is 6.39. The number of nitrogens with zero attached hydrogens (tertiary/aromatic N) is 4. The number of carbonyl (C=O) groups excluding carboxylic acids is 1. The van der Waals surface area contributed by atoms with Crippen LogP contribution in [0.15, 0.2) is 60.9 Å². The fourth-order valence-corrected chi connectivity index (χ4v) is 4.52. The molecule has 2 aromatic heterocycles. The molecule has 202 valence electrons. The van der Waals surface area contributed by atoms with Gasteiger partial charge in [-0.25, -0.2) is 23.5 Å². The first-order chi connectivity index (χ1) is 18.8. The lowest BCUT2D eigenvalue weighted by molar-refractivity contribution is 0.177. The van der Waals surface area contributed by atoms with Crippen LogP contribution < -0.4 is 25.0 Å². The van der Waals surface area contributed by atoms with Crippen molar-refractivity contribution in [3.8, 4) is 11.5 Å². The van der Waals surface area contributed by atoms with E-state index in [9.17, 15) is 14.0 Å². The van der Waals surface area contributed by atoms with Gasteiger partial charge in [0.1, 0.15) is 34.9 Å². The Labute approximate surface area is 223 Å². The quantitative estimate of drug-likeness (QED) is 0.298. The summed E-state index contributed by atoms with van der Waals surface area (Å²) in [5.74, 6) is 1.13. The molecule has 2 amide bonds. The van der Waals surface area contributed by atoms with Gasteiger partial charge in [0.15, 0.2) is 5.65 Å². The Morgan fingerprint density at radius 3 is 2.74 bits per heavy atom. The molecule has 0 fully saturated rings. The van der Waals surface area contributed by atoms with Gasteiger partial charge in [-0.15, -0.1) is 0 Å². The van der Waals surface area contributed by atoms with Gasteiger partial charge in [0.05, 0.1) is 18.8 Å². The molecule has 0 saturated heterocycles. The van der Waals surface area contributed by atoms with Gasteiger partial charge in [0.2, 0.25) is 0 Å². The normalized spacial score (nSPS) is 14.0. The standard InChI is InChI=1S/C27H27FN6O5/c1-16(13-29-26(35)36)38-23-9-8-19(28)12-21(23)17(2)33-11-10-18-15-34-25(32-24(18)33)22(14-30-34)31-27(37)39-20-6-4-3-5-7-20/h3-9,12,14-17,29H,10-11,13H2,1-2H3,(H,31,37)(H,35,36). The predicted octanol–water partition coefficient (Wildman–Crippen LogP) is 4.64. The number of benzene rings is 2. The first kappa shape index (κ1) is 25.8. The third kappa shape index (κ3) is 5.69. The summed E-state index contributed by atoms with van der Waals surface area (Å²) in [5, 5.41) is 18.2. The number of anilines is 2. The van der Waals surface area contributed by atoms with Crippen LogP contribution in [-0.2, 0) is 6.42 Å². The Morgan fingerprint density at radius 1 is 1.18 bits per heavy atom. The molecule has 12 heteroatoms. The van der Waals surface area contributed by atoms with Crippen molar-refractivity contribution in [3.63, 3.8) is 0 Å². The fraction of sp³-hybridized carbons (Fsp3) is 0.259. The SMILES string of the molecule is CC(CNC(=O)O)Oc1ccc(F)cc1C(C)N1CCc2cn3ncc(NC(=O)Oc4ccccc4)c3nc21. The topological polar surface area (TPSA) is 130 Å². The van der Waals surface area contributed by atoms with Crippen LogP contribution in [0.5, 0.6) is 11.5 Å². The molecule has 5 rings (SSSR count). The van der Waals surface area contributed by atoms with E-state index in [1.54, 1.807) is 41.8 Å². The molecule has 2 atom stereocenters. The van der Waals surface area contributed by atoms with E-state index >= 15 is 0 Å². The number of aromatic nitrogens is 3. The van der Waals surface area contributed by atoms with Crippen molar-refractivity contribution < 1.29 is 28.6 Å². The van der Waals surface area contributed by atoms with Gasteiger partial charge in [-0.05, 0) is 50.6 Å². The second-order valence-corrected chi connectivity index (χ2v) is 9.16. The molecule has 2 unspecified atom stereocenters. The lowest BCUT2D eigenvalue weighted by Gasteiger charge is -2.29. The Bertz CT molecular complexity index is 1510. The van der Waals surface area contributed by atoms with Crippen LogP contribution in [0.2, 0.25) is 0 Å². The van der Waals surface area contributed by atoms with Crippen molar-refractivity contribution in [2.45, 2.75) is 32.4 Å². The van der Waals surface area contributed by atoms with Gasteiger partial charge in [0, 0.05) is 23.9 Å². The molecule has 3 heterocycles. The van der Waals surface area contributed by atoms with Crippen molar-refractivity contribution in [2.24, 2.45) is 0 Å². The number of amides is 2. The molecular formula is C27H27FN6O5. The Kier molecular flexibility index (Phi) is 7.17. The number of nitrogens with one attached hydrogen (secondary N) is 2. The van der Waals surface area contributed by atoms with Crippen LogP contribution in [0.1, 0.15) is 31.0 Å². The van der Waals surface area contributed by atoms with E-state index in [4.69, 9.17) is 19.6 Å². The summed E-state index contributed by atoms with van der Waals surface area (Å²) in [6.07, 6.45) is 1.77. The van der Waals surface area contributed by atoms with Crippen LogP contribution in [-0.4, -0.2) is 51.1 Å². The maximum atomic E-state index is 14.3. The average molecular weight is 535 g/mol. The Hall–Kier alpha value is -4.87. The van der Waals surface area contributed by atoms with Crippen molar-refractivity contribution in [3.05, 3.63) is 77.9 Å². The summed E-state index contributed by atoms with van der Waals surface area (Å²) < 4.78 is 27.2. The van der Waals surface area contributed by atoms with Crippen molar-refractivity contribution in [1.82, 2.24) is 19.9 Å². The van der Waals surface area contributed by atoms with E-state index in [2.05, 4.69) is 15.7 Å². The van der Waals surface area contributed by atoms with Crippen molar-refractivity contribution in [1.29, 1.82) is 0 Å². The van der Waals surface area contributed by atoms with Gasteiger partial charge >= 0.3 is 12.2 Å². The summed E-state index contributed by atoms with van der Waals surface area (Å²) in [5.41, 5.74) is 2.37. The average Bonchev–Trinajstić information content (AvgIpc) is 3.51. The number of ether oxygens (including phenoxy) is 2. The van der Waals surface area contributed by atoms with Crippen LogP contribution >= 0.6 is 0 Å². The molecule has 4 aromatic rings. The minimum Gasteiger partial charge on any atom is -0.489 e. The number of carboxylic acid groups (broad SMARTS) is 1. The third-order valence-corrected chi connectivity index (χ3v) is 6.39. The lowest BCUT2D eigenvalue weighted by atomic mass is 10.1.